The maximum atomic E-state index is 10.7. The predicted octanol–water partition coefficient (Wildman–Crippen LogP) is 0.500. The molecule has 1 aromatic carbocycles. The van der Waals surface area contributed by atoms with Crippen LogP contribution in [0.4, 0.5) is 5.69 Å². The van der Waals surface area contributed by atoms with Crippen molar-refractivity contribution in [2.24, 2.45) is 10.3 Å². The Morgan fingerprint density at radius 3 is 2.33 bits per heavy atom. The minimum atomic E-state index is -3.75. The Bertz CT molecular complexity index is 464. The number of rotatable bonds is 3. The van der Waals surface area contributed by atoms with Crippen LogP contribution in [-0.2, 0) is 10.2 Å². The minimum Gasteiger partial charge on any atom is -0.411 e. The van der Waals surface area contributed by atoms with Crippen molar-refractivity contribution in [3.8, 4) is 0 Å². The molecule has 0 saturated carbocycles. The normalized spacial score (nSPS) is 12.5. The first-order chi connectivity index (χ1) is 6.92. The summed E-state index contributed by atoms with van der Waals surface area (Å²) in [6.07, 6.45) is 0. The van der Waals surface area contributed by atoms with Crippen molar-refractivity contribution in [3.05, 3.63) is 29.8 Å². The molecule has 0 spiro atoms. The van der Waals surface area contributed by atoms with Gasteiger partial charge in [0.05, 0.1) is 5.71 Å². The molecule has 0 amide bonds. The molecule has 0 aliphatic carbocycles. The maximum absolute atomic E-state index is 10.7. The standard InChI is InChI=1S/C8H11N3O3S/c1-6(10-12)7-2-4-8(5-3-7)11-15(9,13)14/h2-5,11-12H,1H3,(H2,9,13,14)/b10-6+. The van der Waals surface area contributed by atoms with Gasteiger partial charge in [-0.15, -0.1) is 0 Å². The highest BCUT2D eigenvalue weighted by molar-refractivity contribution is 7.90. The summed E-state index contributed by atoms with van der Waals surface area (Å²) in [5.74, 6) is 0. The fourth-order valence-electron chi connectivity index (χ4n) is 1.00. The van der Waals surface area contributed by atoms with Crippen molar-refractivity contribution >= 4 is 21.6 Å². The number of benzene rings is 1. The van der Waals surface area contributed by atoms with Crippen molar-refractivity contribution in [3.63, 3.8) is 0 Å². The summed E-state index contributed by atoms with van der Waals surface area (Å²) < 4.78 is 23.5. The highest BCUT2D eigenvalue weighted by atomic mass is 32.2. The van der Waals surface area contributed by atoms with Crippen LogP contribution in [0.15, 0.2) is 29.4 Å². The topological polar surface area (TPSA) is 105 Å². The van der Waals surface area contributed by atoms with Gasteiger partial charge in [0.25, 0.3) is 10.2 Å². The molecule has 7 heteroatoms. The van der Waals surface area contributed by atoms with Gasteiger partial charge in [0, 0.05) is 5.69 Å². The molecule has 1 aromatic rings. The summed E-state index contributed by atoms with van der Waals surface area (Å²) in [5, 5.41) is 16.3. The summed E-state index contributed by atoms with van der Waals surface area (Å²) in [7, 11) is -3.75. The van der Waals surface area contributed by atoms with Crippen molar-refractivity contribution in [2.45, 2.75) is 6.92 Å². The Morgan fingerprint density at radius 1 is 1.40 bits per heavy atom. The van der Waals surface area contributed by atoms with Gasteiger partial charge in [0.2, 0.25) is 0 Å². The van der Waals surface area contributed by atoms with Gasteiger partial charge in [0.15, 0.2) is 0 Å². The molecule has 0 atom stereocenters. The number of hydrogen-bond acceptors (Lipinski definition) is 4. The second kappa shape index (κ2) is 4.28. The third-order valence-electron chi connectivity index (χ3n) is 1.71. The maximum Gasteiger partial charge on any atom is 0.296 e. The Kier molecular flexibility index (Phi) is 3.28. The number of nitrogens with one attached hydrogen (secondary N) is 1. The van der Waals surface area contributed by atoms with Crippen molar-refractivity contribution in [1.82, 2.24) is 0 Å². The van der Waals surface area contributed by atoms with E-state index in [1.54, 1.807) is 19.1 Å². The number of hydrogen-bond donors (Lipinski definition) is 3. The molecule has 0 heterocycles. The van der Waals surface area contributed by atoms with Gasteiger partial charge in [-0.05, 0) is 24.6 Å². The zero-order chi connectivity index (χ0) is 11.5. The van der Waals surface area contributed by atoms with E-state index >= 15 is 0 Å². The van der Waals surface area contributed by atoms with Crippen LogP contribution >= 0.6 is 0 Å². The van der Waals surface area contributed by atoms with E-state index < -0.39 is 10.2 Å². The summed E-state index contributed by atoms with van der Waals surface area (Å²) in [5.41, 5.74) is 1.49. The van der Waals surface area contributed by atoms with E-state index in [2.05, 4.69) is 9.88 Å². The van der Waals surface area contributed by atoms with Crippen LogP contribution in [0.2, 0.25) is 0 Å². The van der Waals surface area contributed by atoms with E-state index in [9.17, 15) is 8.42 Å². The van der Waals surface area contributed by atoms with Gasteiger partial charge in [-0.25, -0.2) is 5.14 Å². The van der Waals surface area contributed by atoms with Crippen LogP contribution in [0, 0.1) is 0 Å². The molecule has 82 valence electrons. The molecule has 4 N–H and O–H groups in total. The van der Waals surface area contributed by atoms with Gasteiger partial charge in [0.1, 0.15) is 0 Å². The van der Waals surface area contributed by atoms with Crippen molar-refractivity contribution in [1.29, 1.82) is 0 Å². The molecule has 0 unspecified atom stereocenters. The molecule has 0 aliphatic heterocycles. The first-order valence-corrected chi connectivity index (χ1v) is 5.56. The van der Waals surface area contributed by atoms with Crippen LogP contribution in [-0.4, -0.2) is 19.3 Å². The van der Waals surface area contributed by atoms with Crippen LogP contribution in [0.3, 0.4) is 0 Å². The van der Waals surface area contributed by atoms with E-state index in [0.717, 1.165) is 0 Å². The smallest absolute Gasteiger partial charge is 0.296 e. The summed E-state index contributed by atoms with van der Waals surface area (Å²) >= 11 is 0. The molecule has 0 aliphatic rings. The second-order valence-electron chi connectivity index (χ2n) is 2.91. The second-order valence-corrected chi connectivity index (χ2v) is 4.20. The van der Waals surface area contributed by atoms with E-state index in [-0.39, 0.29) is 0 Å². The minimum absolute atomic E-state index is 0.354. The average molecular weight is 229 g/mol. The number of nitrogens with zero attached hydrogens (tertiary/aromatic N) is 1. The zero-order valence-corrected chi connectivity index (χ0v) is 8.82. The Morgan fingerprint density at radius 2 is 1.93 bits per heavy atom. The SMILES string of the molecule is C/C(=N\O)c1ccc(NS(N)(=O)=O)cc1. The molecule has 6 nitrogen and oxygen atoms in total. The van der Waals surface area contributed by atoms with Crippen LogP contribution in [0.25, 0.3) is 0 Å². The fourth-order valence-corrected chi connectivity index (χ4v) is 1.47. The highest BCUT2D eigenvalue weighted by Crippen LogP contribution is 2.10. The van der Waals surface area contributed by atoms with E-state index in [0.29, 0.717) is 17.0 Å². The average Bonchev–Trinajstić information content (AvgIpc) is 2.15. The number of nitrogens with two attached hydrogens (primary N) is 1. The van der Waals surface area contributed by atoms with Gasteiger partial charge in [-0.1, -0.05) is 17.3 Å². The first-order valence-electron chi connectivity index (χ1n) is 4.02. The third kappa shape index (κ3) is 3.56. The molecule has 0 saturated heterocycles. The fraction of sp³-hybridized carbons (Fsp3) is 0.125. The Hall–Kier alpha value is -1.60. The number of oxime groups is 1. The molecular weight excluding hydrogens is 218 g/mol. The third-order valence-corrected chi connectivity index (χ3v) is 2.23. The zero-order valence-electron chi connectivity index (χ0n) is 8.01. The lowest BCUT2D eigenvalue weighted by molar-refractivity contribution is 0.319. The monoisotopic (exact) mass is 229 g/mol. The summed E-state index contributed by atoms with van der Waals surface area (Å²) in [6, 6.07) is 6.27. The van der Waals surface area contributed by atoms with E-state index in [1.807, 2.05) is 0 Å². The van der Waals surface area contributed by atoms with Gasteiger partial charge in [-0.3, -0.25) is 4.72 Å². The molecule has 0 radical (unpaired) electrons. The predicted molar refractivity (Wildman–Crippen MR) is 57.2 cm³/mol. The van der Waals surface area contributed by atoms with E-state index in [1.165, 1.54) is 12.1 Å². The molecule has 1 rings (SSSR count). The highest BCUT2D eigenvalue weighted by Gasteiger charge is 2.02. The molecule has 0 bridgehead atoms. The molecular formula is C8H11N3O3S. The van der Waals surface area contributed by atoms with Crippen molar-refractivity contribution < 1.29 is 13.6 Å². The van der Waals surface area contributed by atoms with Gasteiger partial charge in [-0.2, -0.15) is 8.42 Å². The van der Waals surface area contributed by atoms with Crippen LogP contribution < -0.4 is 9.86 Å². The lowest BCUT2D eigenvalue weighted by Gasteiger charge is -2.04. The van der Waals surface area contributed by atoms with Crippen molar-refractivity contribution in [2.75, 3.05) is 4.72 Å². The van der Waals surface area contributed by atoms with E-state index in [4.69, 9.17) is 10.3 Å². The lowest BCUT2D eigenvalue weighted by atomic mass is 10.1. The molecule has 15 heavy (non-hydrogen) atoms. The first kappa shape index (κ1) is 11.5. The Balaban J connectivity index is 2.91. The quantitative estimate of drug-likeness (QED) is 0.399. The van der Waals surface area contributed by atoms with Gasteiger partial charge >= 0.3 is 0 Å². The summed E-state index contributed by atoms with van der Waals surface area (Å²) in [4.78, 5) is 0. The Labute approximate surface area is 87.6 Å². The number of anilines is 1. The molecule has 0 fully saturated rings. The van der Waals surface area contributed by atoms with Gasteiger partial charge < -0.3 is 5.21 Å². The molecule has 0 aromatic heterocycles. The summed E-state index contributed by atoms with van der Waals surface area (Å²) in [6.45, 7) is 1.63. The van der Waals surface area contributed by atoms with Crippen LogP contribution in [0.5, 0.6) is 0 Å². The van der Waals surface area contributed by atoms with Crippen LogP contribution in [0.1, 0.15) is 12.5 Å². The largest absolute Gasteiger partial charge is 0.411 e. The lowest BCUT2D eigenvalue weighted by Crippen LogP contribution is -2.21.